The van der Waals surface area contributed by atoms with Gasteiger partial charge in [-0.15, -0.1) is 5.10 Å². The fraction of sp³-hybridized carbons (Fsp3) is 0.591. The number of nitrogens with one attached hydrogen (secondary N) is 1. The van der Waals surface area contributed by atoms with Crippen molar-refractivity contribution in [2.24, 2.45) is 0 Å². The van der Waals surface area contributed by atoms with Crippen LogP contribution in [0, 0.1) is 0 Å². The first-order valence-electron chi connectivity index (χ1n) is 10.8. The molecule has 2 fully saturated rings. The minimum absolute atomic E-state index is 0.125. The standard InChI is InChI=1S/C22H31N5O/c28-22(20-17-27(25-24-20)19-12-6-2-7-13-19)23-16-21(18-10-4-1-5-11-18)26-14-8-3-9-15-26/h1,4-5,10-11,17,19,21H,2-3,6-9,12-16H2,(H,23,28)/t21-/m1/s1. The Bertz CT molecular complexity index is 747. The highest BCUT2D eigenvalue weighted by Crippen LogP contribution is 2.27. The number of hydrogen-bond acceptors (Lipinski definition) is 4. The SMILES string of the molecule is O=C(NC[C@H](c1ccccc1)N1CCCCC1)c1cn(C2CCCCC2)nn1. The normalized spacial score (nSPS) is 20.0. The fourth-order valence-electron chi connectivity index (χ4n) is 4.55. The van der Waals surface area contributed by atoms with Gasteiger partial charge in [0.15, 0.2) is 5.69 Å². The Labute approximate surface area is 167 Å². The van der Waals surface area contributed by atoms with Crippen molar-refractivity contribution in [2.75, 3.05) is 19.6 Å². The topological polar surface area (TPSA) is 63.1 Å². The van der Waals surface area contributed by atoms with Crippen LogP contribution >= 0.6 is 0 Å². The second-order valence-electron chi connectivity index (χ2n) is 8.11. The Kier molecular flexibility index (Phi) is 6.37. The molecule has 1 aliphatic heterocycles. The molecule has 2 aliphatic rings. The van der Waals surface area contributed by atoms with Gasteiger partial charge in [-0.3, -0.25) is 9.69 Å². The van der Waals surface area contributed by atoms with E-state index in [0.717, 1.165) is 25.9 Å². The molecular weight excluding hydrogens is 350 g/mol. The van der Waals surface area contributed by atoms with Gasteiger partial charge < -0.3 is 5.32 Å². The van der Waals surface area contributed by atoms with E-state index in [1.807, 2.05) is 16.9 Å². The summed E-state index contributed by atoms with van der Waals surface area (Å²) in [6.45, 7) is 2.78. The van der Waals surface area contributed by atoms with Gasteiger partial charge in [0.05, 0.1) is 18.3 Å². The van der Waals surface area contributed by atoms with Crippen LogP contribution in [-0.2, 0) is 0 Å². The second kappa shape index (κ2) is 9.32. The highest BCUT2D eigenvalue weighted by Gasteiger charge is 2.24. The number of rotatable bonds is 6. The van der Waals surface area contributed by atoms with Crippen molar-refractivity contribution < 1.29 is 4.79 Å². The molecule has 1 atom stereocenters. The average Bonchev–Trinajstić information content (AvgIpc) is 3.26. The zero-order valence-corrected chi connectivity index (χ0v) is 16.6. The van der Waals surface area contributed by atoms with Gasteiger partial charge in [0.2, 0.25) is 0 Å². The number of benzene rings is 1. The largest absolute Gasteiger partial charge is 0.349 e. The van der Waals surface area contributed by atoms with E-state index in [1.165, 1.54) is 44.1 Å². The Balaban J connectivity index is 1.40. The minimum Gasteiger partial charge on any atom is -0.349 e. The van der Waals surface area contributed by atoms with Crippen molar-refractivity contribution in [3.8, 4) is 0 Å². The average molecular weight is 382 g/mol. The van der Waals surface area contributed by atoms with Crippen molar-refractivity contribution in [1.29, 1.82) is 0 Å². The van der Waals surface area contributed by atoms with Gasteiger partial charge in [-0.2, -0.15) is 0 Å². The van der Waals surface area contributed by atoms with Crippen LogP contribution in [0.2, 0.25) is 0 Å². The van der Waals surface area contributed by atoms with Crippen LogP contribution in [0.5, 0.6) is 0 Å². The molecule has 6 nitrogen and oxygen atoms in total. The van der Waals surface area contributed by atoms with Crippen LogP contribution in [0.4, 0.5) is 0 Å². The molecule has 2 heterocycles. The van der Waals surface area contributed by atoms with Gasteiger partial charge in [-0.05, 0) is 44.3 Å². The smallest absolute Gasteiger partial charge is 0.273 e. The number of amides is 1. The van der Waals surface area contributed by atoms with Gasteiger partial charge >= 0.3 is 0 Å². The molecule has 28 heavy (non-hydrogen) atoms. The number of piperidine rings is 1. The number of nitrogens with zero attached hydrogens (tertiary/aromatic N) is 4. The van der Waals surface area contributed by atoms with Gasteiger partial charge in [-0.25, -0.2) is 4.68 Å². The predicted molar refractivity (Wildman–Crippen MR) is 109 cm³/mol. The maximum Gasteiger partial charge on any atom is 0.273 e. The lowest BCUT2D eigenvalue weighted by Crippen LogP contribution is -2.40. The third-order valence-corrected chi connectivity index (χ3v) is 6.16. The first-order chi connectivity index (χ1) is 13.8. The zero-order chi connectivity index (χ0) is 19.2. The third-order valence-electron chi connectivity index (χ3n) is 6.16. The molecule has 1 aromatic carbocycles. The summed E-state index contributed by atoms with van der Waals surface area (Å²) >= 11 is 0. The molecule has 0 radical (unpaired) electrons. The van der Waals surface area contributed by atoms with E-state index in [2.05, 4.69) is 44.8 Å². The first kappa shape index (κ1) is 19.1. The molecule has 1 aromatic heterocycles. The maximum absolute atomic E-state index is 12.7. The van der Waals surface area contributed by atoms with Crippen molar-refractivity contribution in [2.45, 2.75) is 63.5 Å². The molecule has 1 saturated carbocycles. The fourth-order valence-corrected chi connectivity index (χ4v) is 4.55. The monoisotopic (exact) mass is 381 g/mol. The van der Waals surface area contributed by atoms with E-state index in [9.17, 15) is 4.79 Å². The lowest BCUT2D eigenvalue weighted by atomic mass is 9.96. The number of carbonyl (C=O) groups is 1. The summed E-state index contributed by atoms with van der Waals surface area (Å²) in [5.41, 5.74) is 1.69. The van der Waals surface area contributed by atoms with E-state index in [1.54, 1.807) is 0 Å². The lowest BCUT2D eigenvalue weighted by Gasteiger charge is -2.35. The minimum atomic E-state index is -0.125. The van der Waals surface area contributed by atoms with Gasteiger partial charge in [-0.1, -0.05) is 61.2 Å². The van der Waals surface area contributed by atoms with E-state index < -0.39 is 0 Å². The second-order valence-corrected chi connectivity index (χ2v) is 8.11. The summed E-state index contributed by atoms with van der Waals surface area (Å²) in [4.78, 5) is 15.2. The van der Waals surface area contributed by atoms with E-state index in [-0.39, 0.29) is 11.9 Å². The summed E-state index contributed by atoms with van der Waals surface area (Å²) in [5.74, 6) is -0.125. The molecule has 1 N–H and O–H groups in total. The van der Waals surface area contributed by atoms with Crippen LogP contribution in [0.15, 0.2) is 36.5 Å². The van der Waals surface area contributed by atoms with Crippen molar-refractivity contribution >= 4 is 5.91 Å². The molecule has 1 aliphatic carbocycles. The molecule has 1 saturated heterocycles. The molecule has 2 aromatic rings. The summed E-state index contributed by atoms with van der Waals surface area (Å²) in [6, 6.07) is 11.1. The Morgan fingerprint density at radius 1 is 1.04 bits per heavy atom. The molecule has 0 bridgehead atoms. The molecule has 0 unspecified atom stereocenters. The Morgan fingerprint density at radius 3 is 2.50 bits per heavy atom. The summed E-state index contributed by atoms with van der Waals surface area (Å²) in [6.07, 6.45) is 11.6. The van der Waals surface area contributed by atoms with Crippen LogP contribution in [-0.4, -0.2) is 45.4 Å². The number of likely N-dealkylation sites (tertiary alicyclic amines) is 1. The molecule has 4 rings (SSSR count). The first-order valence-corrected chi connectivity index (χ1v) is 10.8. The number of aromatic nitrogens is 3. The van der Waals surface area contributed by atoms with Crippen molar-refractivity contribution in [1.82, 2.24) is 25.2 Å². The molecule has 1 amide bonds. The van der Waals surface area contributed by atoms with Gasteiger partial charge in [0.25, 0.3) is 5.91 Å². The van der Waals surface area contributed by atoms with E-state index >= 15 is 0 Å². The highest BCUT2D eigenvalue weighted by atomic mass is 16.2. The van der Waals surface area contributed by atoms with Crippen LogP contribution in [0.3, 0.4) is 0 Å². The summed E-state index contributed by atoms with van der Waals surface area (Å²) in [5, 5.41) is 11.5. The van der Waals surface area contributed by atoms with Gasteiger partial charge in [0.1, 0.15) is 0 Å². The van der Waals surface area contributed by atoms with Gasteiger partial charge in [0, 0.05) is 6.54 Å². The highest BCUT2D eigenvalue weighted by molar-refractivity contribution is 5.91. The predicted octanol–water partition coefficient (Wildman–Crippen LogP) is 3.74. The maximum atomic E-state index is 12.7. The van der Waals surface area contributed by atoms with Crippen molar-refractivity contribution in [3.63, 3.8) is 0 Å². The van der Waals surface area contributed by atoms with E-state index in [0.29, 0.717) is 18.3 Å². The molecule has 0 spiro atoms. The Hall–Kier alpha value is -2.21. The summed E-state index contributed by atoms with van der Waals surface area (Å²) in [7, 11) is 0. The number of carbonyl (C=O) groups excluding carboxylic acids is 1. The van der Waals surface area contributed by atoms with E-state index in [4.69, 9.17) is 0 Å². The quantitative estimate of drug-likeness (QED) is 0.828. The molecular formula is C22H31N5O. The third kappa shape index (κ3) is 4.61. The molecule has 150 valence electrons. The molecule has 6 heteroatoms. The van der Waals surface area contributed by atoms with Crippen LogP contribution in [0.1, 0.15) is 79.5 Å². The van der Waals surface area contributed by atoms with Crippen LogP contribution in [0.25, 0.3) is 0 Å². The van der Waals surface area contributed by atoms with Crippen molar-refractivity contribution in [3.05, 3.63) is 47.8 Å². The lowest BCUT2D eigenvalue weighted by molar-refractivity contribution is 0.0919. The van der Waals surface area contributed by atoms with Crippen LogP contribution < -0.4 is 5.32 Å². The zero-order valence-electron chi connectivity index (χ0n) is 16.6. The Morgan fingerprint density at radius 2 is 1.75 bits per heavy atom. The summed E-state index contributed by atoms with van der Waals surface area (Å²) < 4.78 is 1.90. The number of hydrogen-bond donors (Lipinski definition) is 1.